The molecule has 0 unspecified atom stereocenters. The fourth-order valence-corrected chi connectivity index (χ4v) is 3.32. The topological polar surface area (TPSA) is 77.6 Å². The Morgan fingerprint density at radius 3 is 2.81 bits per heavy atom. The number of aryl methyl sites for hydroxylation is 1. The van der Waals surface area contributed by atoms with Gasteiger partial charge < -0.3 is 9.88 Å². The molecule has 0 radical (unpaired) electrons. The van der Waals surface area contributed by atoms with E-state index in [0.717, 1.165) is 34.4 Å². The second-order valence-electron chi connectivity index (χ2n) is 6.76. The van der Waals surface area contributed by atoms with Crippen molar-refractivity contribution in [2.45, 2.75) is 39.9 Å². The third-order valence-corrected chi connectivity index (χ3v) is 4.64. The summed E-state index contributed by atoms with van der Waals surface area (Å²) in [6.07, 6.45) is 3.34. The molecule has 7 nitrogen and oxygen atoms in total. The maximum Gasteiger partial charge on any atom is 0.253 e. The molecule has 4 aromatic rings. The van der Waals surface area contributed by atoms with Gasteiger partial charge in [-0.15, -0.1) is 0 Å². The fourth-order valence-electron chi connectivity index (χ4n) is 3.32. The third kappa shape index (κ3) is 3.05. The molecule has 1 aromatic carbocycles. The van der Waals surface area contributed by atoms with Gasteiger partial charge in [-0.05, 0) is 39.0 Å². The molecule has 0 aliphatic rings. The highest BCUT2D eigenvalue weighted by Gasteiger charge is 2.14. The highest BCUT2D eigenvalue weighted by atomic mass is 16.1. The second-order valence-corrected chi connectivity index (χ2v) is 6.76. The zero-order valence-corrected chi connectivity index (χ0v) is 15.7. The number of benzene rings is 1. The van der Waals surface area contributed by atoms with Crippen molar-refractivity contribution in [1.29, 1.82) is 0 Å². The normalized spacial score (nSPS) is 11.6. The number of amides is 1. The lowest BCUT2D eigenvalue weighted by molar-refractivity contribution is 0.0949. The van der Waals surface area contributed by atoms with Crippen molar-refractivity contribution >= 4 is 28.0 Å². The molecule has 1 amide bonds. The van der Waals surface area contributed by atoms with Crippen LogP contribution in [0.5, 0.6) is 0 Å². The van der Waals surface area contributed by atoms with Gasteiger partial charge in [0.1, 0.15) is 5.82 Å². The Morgan fingerprint density at radius 1 is 1.22 bits per heavy atom. The minimum absolute atomic E-state index is 0.170. The number of para-hydroxylation sites is 2. The average molecular weight is 362 g/mol. The maximum atomic E-state index is 12.6. The van der Waals surface area contributed by atoms with Gasteiger partial charge in [0.05, 0.1) is 29.3 Å². The van der Waals surface area contributed by atoms with Crippen LogP contribution in [-0.2, 0) is 13.1 Å². The van der Waals surface area contributed by atoms with E-state index in [2.05, 4.69) is 45.7 Å². The number of aromatic nitrogens is 5. The largest absolute Gasteiger partial charge is 0.345 e. The molecule has 0 spiro atoms. The lowest BCUT2D eigenvalue weighted by Gasteiger charge is -2.08. The molecule has 1 N–H and O–H groups in total. The van der Waals surface area contributed by atoms with Crippen molar-refractivity contribution in [3.63, 3.8) is 0 Å². The van der Waals surface area contributed by atoms with Crippen LogP contribution in [0.25, 0.3) is 22.1 Å². The van der Waals surface area contributed by atoms with E-state index in [-0.39, 0.29) is 11.9 Å². The Balaban J connectivity index is 1.55. The smallest absolute Gasteiger partial charge is 0.253 e. The molecule has 7 heteroatoms. The molecule has 0 atom stereocenters. The summed E-state index contributed by atoms with van der Waals surface area (Å²) in [5.41, 5.74) is 3.32. The summed E-state index contributed by atoms with van der Waals surface area (Å²) in [5, 5.41) is 8.16. The van der Waals surface area contributed by atoms with E-state index < -0.39 is 0 Å². The molecule has 138 valence electrons. The van der Waals surface area contributed by atoms with Gasteiger partial charge in [0.25, 0.3) is 5.91 Å². The number of fused-ring (bicyclic) bond motifs is 2. The van der Waals surface area contributed by atoms with Crippen LogP contribution < -0.4 is 5.32 Å². The van der Waals surface area contributed by atoms with Crippen molar-refractivity contribution in [1.82, 2.24) is 29.6 Å². The number of rotatable bonds is 5. The molecule has 27 heavy (non-hydrogen) atoms. The van der Waals surface area contributed by atoms with Crippen LogP contribution in [0, 0.1) is 0 Å². The van der Waals surface area contributed by atoms with Crippen molar-refractivity contribution in [3.8, 4) is 0 Å². The minimum Gasteiger partial charge on any atom is -0.345 e. The number of pyridine rings is 1. The van der Waals surface area contributed by atoms with Gasteiger partial charge >= 0.3 is 0 Å². The van der Waals surface area contributed by atoms with Crippen LogP contribution in [-0.4, -0.2) is 30.2 Å². The van der Waals surface area contributed by atoms with Gasteiger partial charge in [0.15, 0.2) is 5.65 Å². The van der Waals surface area contributed by atoms with Crippen LogP contribution in [0.1, 0.15) is 43.0 Å². The quantitative estimate of drug-likeness (QED) is 0.591. The number of nitrogens with zero attached hydrogens (tertiary/aromatic N) is 5. The summed E-state index contributed by atoms with van der Waals surface area (Å²) in [6, 6.07) is 10.0. The van der Waals surface area contributed by atoms with Crippen LogP contribution in [0.3, 0.4) is 0 Å². The fraction of sp³-hybridized carbons (Fsp3) is 0.300. The predicted molar refractivity (Wildman–Crippen MR) is 104 cm³/mol. The van der Waals surface area contributed by atoms with E-state index in [4.69, 9.17) is 0 Å². The monoisotopic (exact) mass is 362 g/mol. The predicted octanol–water partition coefficient (Wildman–Crippen LogP) is 3.31. The van der Waals surface area contributed by atoms with Gasteiger partial charge in [-0.25, -0.2) is 14.6 Å². The summed E-state index contributed by atoms with van der Waals surface area (Å²) < 4.78 is 3.96. The van der Waals surface area contributed by atoms with Gasteiger partial charge in [-0.2, -0.15) is 5.10 Å². The number of hydrogen-bond donors (Lipinski definition) is 1. The first kappa shape index (κ1) is 17.2. The first-order valence-electron chi connectivity index (χ1n) is 9.14. The highest BCUT2D eigenvalue weighted by Crippen LogP contribution is 2.18. The summed E-state index contributed by atoms with van der Waals surface area (Å²) in [5.74, 6) is 0.671. The van der Waals surface area contributed by atoms with Gasteiger partial charge in [-0.1, -0.05) is 12.1 Å². The van der Waals surface area contributed by atoms with Crippen LogP contribution in [0.2, 0.25) is 0 Å². The first-order valence-corrected chi connectivity index (χ1v) is 9.14. The van der Waals surface area contributed by atoms with Crippen LogP contribution >= 0.6 is 0 Å². The third-order valence-electron chi connectivity index (χ3n) is 4.64. The van der Waals surface area contributed by atoms with E-state index in [1.54, 1.807) is 12.4 Å². The molecule has 4 rings (SSSR count). The maximum absolute atomic E-state index is 12.6. The zero-order chi connectivity index (χ0) is 19.0. The summed E-state index contributed by atoms with van der Waals surface area (Å²) in [6.45, 7) is 7.34. The van der Waals surface area contributed by atoms with E-state index in [1.807, 2.05) is 35.0 Å². The van der Waals surface area contributed by atoms with Gasteiger partial charge in [0, 0.05) is 24.2 Å². The molecular weight excluding hydrogens is 340 g/mol. The summed E-state index contributed by atoms with van der Waals surface area (Å²) in [7, 11) is 0. The van der Waals surface area contributed by atoms with E-state index in [9.17, 15) is 4.79 Å². The number of imidazole rings is 1. The molecule has 0 fully saturated rings. The summed E-state index contributed by atoms with van der Waals surface area (Å²) >= 11 is 0. The van der Waals surface area contributed by atoms with Gasteiger partial charge in [-0.3, -0.25) is 4.79 Å². The molecule has 0 aliphatic carbocycles. The average Bonchev–Trinajstić information content (AvgIpc) is 3.26. The minimum atomic E-state index is -0.170. The van der Waals surface area contributed by atoms with Crippen LogP contribution in [0.4, 0.5) is 0 Å². The molecule has 0 aliphatic heterocycles. The highest BCUT2D eigenvalue weighted by molar-refractivity contribution is 5.96. The standard InChI is InChI=1S/C20H22N6O/c1-4-25-17-8-6-5-7-16(17)24-18(25)12-22-20(27)15-9-14-11-23-26(13(2)3)19(14)21-10-15/h5-11,13H,4,12H2,1-3H3,(H,22,27). The first-order chi connectivity index (χ1) is 13.1. The molecule has 3 heterocycles. The lowest BCUT2D eigenvalue weighted by Crippen LogP contribution is -2.24. The Bertz CT molecular complexity index is 1120. The molecule has 0 bridgehead atoms. The second kappa shape index (κ2) is 6.83. The van der Waals surface area contributed by atoms with E-state index in [1.165, 1.54) is 0 Å². The van der Waals surface area contributed by atoms with E-state index >= 15 is 0 Å². The Kier molecular flexibility index (Phi) is 4.35. The SMILES string of the molecule is CCn1c(CNC(=O)c2cnc3c(cnn3C(C)C)c2)nc2ccccc21. The lowest BCUT2D eigenvalue weighted by atomic mass is 10.2. The Hall–Kier alpha value is -3.22. The molecule has 0 saturated carbocycles. The number of carbonyl (C=O) groups excluding carboxylic acids is 1. The van der Waals surface area contributed by atoms with Gasteiger partial charge in [0.2, 0.25) is 0 Å². The summed E-state index contributed by atoms with van der Waals surface area (Å²) in [4.78, 5) is 21.7. The Labute approximate surface area is 157 Å². The number of carbonyl (C=O) groups is 1. The molecular formula is C20H22N6O. The van der Waals surface area contributed by atoms with Crippen LogP contribution in [0.15, 0.2) is 42.7 Å². The molecule has 0 saturated heterocycles. The van der Waals surface area contributed by atoms with E-state index in [0.29, 0.717) is 12.1 Å². The van der Waals surface area contributed by atoms with Crippen molar-refractivity contribution in [2.75, 3.05) is 0 Å². The number of hydrogen-bond acceptors (Lipinski definition) is 4. The molecule has 3 aromatic heterocycles. The Morgan fingerprint density at radius 2 is 2.04 bits per heavy atom. The number of nitrogens with one attached hydrogen (secondary N) is 1. The zero-order valence-electron chi connectivity index (χ0n) is 15.7. The van der Waals surface area contributed by atoms with Crippen molar-refractivity contribution in [3.05, 3.63) is 54.1 Å². The van der Waals surface area contributed by atoms with Crippen molar-refractivity contribution < 1.29 is 4.79 Å². The van der Waals surface area contributed by atoms with Crippen molar-refractivity contribution in [2.24, 2.45) is 0 Å².